The maximum absolute atomic E-state index is 13.0. The number of carbonyl (C=O) groups is 1. The molecule has 0 spiro atoms. The number of aromatic nitrogens is 2. The van der Waals surface area contributed by atoms with Gasteiger partial charge in [-0.15, -0.1) is 0 Å². The van der Waals surface area contributed by atoms with Crippen molar-refractivity contribution in [3.05, 3.63) is 47.0 Å². The summed E-state index contributed by atoms with van der Waals surface area (Å²) in [6.45, 7) is 3.71. The molecule has 0 saturated heterocycles. The fourth-order valence-electron chi connectivity index (χ4n) is 2.54. The minimum absolute atomic E-state index is 0.0982. The number of ether oxygens (including phenoxy) is 1. The van der Waals surface area contributed by atoms with Crippen molar-refractivity contribution in [3.63, 3.8) is 0 Å². The number of carbonyl (C=O) groups excluding carboxylic acids is 1. The molecule has 0 radical (unpaired) electrons. The van der Waals surface area contributed by atoms with E-state index < -0.39 is 17.6 Å². The van der Waals surface area contributed by atoms with Gasteiger partial charge in [0, 0.05) is 6.20 Å². The highest BCUT2D eigenvalue weighted by Crippen LogP contribution is 2.38. The predicted molar refractivity (Wildman–Crippen MR) is 80.1 cm³/mol. The van der Waals surface area contributed by atoms with Crippen LogP contribution in [-0.4, -0.2) is 29.0 Å². The van der Waals surface area contributed by atoms with Crippen molar-refractivity contribution in [2.75, 3.05) is 18.1 Å². The van der Waals surface area contributed by atoms with Crippen LogP contribution in [0.25, 0.3) is 0 Å². The normalized spacial score (nSPS) is 14.1. The first-order valence-corrected chi connectivity index (χ1v) is 7.23. The number of anilines is 1. The number of alkyl halides is 3. The second-order valence-electron chi connectivity index (χ2n) is 5.40. The van der Waals surface area contributed by atoms with Gasteiger partial charge in [0.15, 0.2) is 0 Å². The van der Waals surface area contributed by atoms with Crippen LogP contribution in [0.5, 0.6) is 5.75 Å². The van der Waals surface area contributed by atoms with Crippen LogP contribution < -0.4 is 9.64 Å². The molecule has 1 aliphatic heterocycles. The van der Waals surface area contributed by atoms with E-state index in [4.69, 9.17) is 4.74 Å². The van der Waals surface area contributed by atoms with E-state index in [-0.39, 0.29) is 30.2 Å². The highest BCUT2D eigenvalue weighted by molar-refractivity contribution is 6.07. The number of amides is 1. The average molecular weight is 337 g/mol. The van der Waals surface area contributed by atoms with E-state index in [2.05, 4.69) is 9.97 Å². The van der Waals surface area contributed by atoms with Gasteiger partial charge in [-0.3, -0.25) is 4.79 Å². The van der Waals surface area contributed by atoms with Crippen LogP contribution in [0, 0.1) is 13.8 Å². The van der Waals surface area contributed by atoms with Gasteiger partial charge in [0.2, 0.25) is 0 Å². The van der Waals surface area contributed by atoms with Gasteiger partial charge in [-0.25, -0.2) is 9.97 Å². The summed E-state index contributed by atoms with van der Waals surface area (Å²) in [5, 5.41) is 0. The molecular formula is C16H14F3N3O2. The standard InChI is InChI=1S/C16H14F3N3O2/c1-9-12(8-20-10(2)21-9)15(23)22-5-6-24-14-4-3-11(7-13(14)22)16(17,18)19/h3-4,7-8H,5-6H2,1-2H3. The average Bonchev–Trinajstić information content (AvgIpc) is 2.52. The van der Waals surface area contributed by atoms with Crippen molar-refractivity contribution in [2.24, 2.45) is 0 Å². The second-order valence-corrected chi connectivity index (χ2v) is 5.40. The van der Waals surface area contributed by atoms with Crippen molar-refractivity contribution in [1.82, 2.24) is 9.97 Å². The largest absolute Gasteiger partial charge is 0.490 e. The maximum atomic E-state index is 13.0. The first-order chi connectivity index (χ1) is 11.3. The van der Waals surface area contributed by atoms with Gasteiger partial charge in [0.05, 0.1) is 29.1 Å². The lowest BCUT2D eigenvalue weighted by atomic mass is 10.1. The van der Waals surface area contributed by atoms with Crippen LogP contribution in [-0.2, 0) is 6.18 Å². The number of halogens is 3. The lowest BCUT2D eigenvalue weighted by Gasteiger charge is -2.30. The Morgan fingerprint density at radius 3 is 2.71 bits per heavy atom. The Morgan fingerprint density at radius 1 is 1.29 bits per heavy atom. The van der Waals surface area contributed by atoms with Gasteiger partial charge in [0.1, 0.15) is 18.2 Å². The summed E-state index contributed by atoms with van der Waals surface area (Å²) >= 11 is 0. The Kier molecular flexibility index (Phi) is 3.90. The van der Waals surface area contributed by atoms with E-state index in [9.17, 15) is 18.0 Å². The van der Waals surface area contributed by atoms with E-state index in [0.29, 0.717) is 11.5 Å². The quantitative estimate of drug-likeness (QED) is 0.802. The molecule has 0 bridgehead atoms. The summed E-state index contributed by atoms with van der Waals surface area (Å²) in [4.78, 5) is 22.2. The molecule has 0 saturated carbocycles. The summed E-state index contributed by atoms with van der Waals surface area (Å²) < 4.78 is 44.2. The highest BCUT2D eigenvalue weighted by Gasteiger charge is 2.34. The van der Waals surface area contributed by atoms with E-state index >= 15 is 0 Å². The molecule has 126 valence electrons. The number of nitrogens with zero attached hydrogens (tertiary/aromatic N) is 3. The predicted octanol–water partition coefficient (Wildman–Crippen LogP) is 3.15. The fourth-order valence-corrected chi connectivity index (χ4v) is 2.54. The number of hydrogen-bond donors (Lipinski definition) is 0. The van der Waals surface area contributed by atoms with Crippen molar-refractivity contribution in [1.29, 1.82) is 0 Å². The molecule has 3 rings (SSSR count). The molecule has 2 aromatic rings. The number of hydrogen-bond acceptors (Lipinski definition) is 4. The van der Waals surface area contributed by atoms with Crippen LogP contribution in [0.1, 0.15) is 27.4 Å². The number of rotatable bonds is 1. The summed E-state index contributed by atoms with van der Waals surface area (Å²) in [7, 11) is 0. The highest BCUT2D eigenvalue weighted by atomic mass is 19.4. The van der Waals surface area contributed by atoms with E-state index in [0.717, 1.165) is 12.1 Å². The topological polar surface area (TPSA) is 55.3 Å². The molecule has 1 aliphatic rings. The van der Waals surface area contributed by atoms with Crippen LogP contribution >= 0.6 is 0 Å². The lowest BCUT2D eigenvalue weighted by molar-refractivity contribution is -0.137. The molecule has 0 atom stereocenters. The molecule has 8 heteroatoms. The summed E-state index contributed by atoms with van der Waals surface area (Å²) in [5.74, 6) is 0.315. The van der Waals surface area contributed by atoms with Crippen molar-refractivity contribution < 1.29 is 22.7 Å². The van der Waals surface area contributed by atoms with Gasteiger partial charge in [0.25, 0.3) is 5.91 Å². The minimum Gasteiger partial charge on any atom is -0.490 e. The molecule has 1 aromatic carbocycles. The van der Waals surface area contributed by atoms with Gasteiger partial charge in [-0.2, -0.15) is 13.2 Å². The zero-order chi connectivity index (χ0) is 17.5. The molecule has 1 aromatic heterocycles. The van der Waals surface area contributed by atoms with Crippen LogP contribution in [0.15, 0.2) is 24.4 Å². The van der Waals surface area contributed by atoms with Gasteiger partial charge < -0.3 is 9.64 Å². The zero-order valence-corrected chi connectivity index (χ0v) is 13.0. The van der Waals surface area contributed by atoms with Crippen LogP contribution in [0.2, 0.25) is 0 Å². The van der Waals surface area contributed by atoms with Gasteiger partial charge >= 0.3 is 6.18 Å². The van der Waals surface area contributed by atoms with Crippen molar-refractivity contribution in [3.8, 4) is 5.75 Å². The molecule has 0 fully saturated rings. The van der Waals surface area contributed by atoms with E-state index in [1.807, 2.05) is 0 Å². The molecule has 5 nitrogen and oxygen atoms in total. The summed E-state index contributed by atoms with van der Waals surface area (Å²) in [6, 6.07) is 3.10. The van der Waals surface area contributed by atoms with E-state index in [1.54, 1.807) is 13.8 Å². The Balaban J connectivity index is 2.03. The Hall–Kier alpha value is -2.64. The molecule has 0 aliphatic carbocycles. The molecule has 0 N–H and O–H groups in total. The van der Waals surface area contributed by atoms with Gasteiger partial charge in [-0.05, 0) is 32.0 Å². The summed E-state index contributed by atoms with van der Waals surface area (Å²) in [5.41, 5.74) is 0.000794. The van der Waals surface area contributed by atoms with Crippen LogP contribution in [0.4, 0.5) is 18.9 Å². The van der Waals surface area contributed by atoms with Crippen LogP contribution in [0.3, 0.4) is 0 Å². The third-order valence-electron chi connectivity index (χ3n) is 3.72. The Bertz CT molecular complexity index is 806. The maximum Gasteiger partial charge on any atom is 0.416 e. The molecule has 24 heavy (non-hydrogen) atoms. The molecule has 0 unspecified atom stereocenters. The Labute approximate surface area is 136 Å². The number of benzene rings is 1. The molecule has 1 amide bonds. The van der Waals surface area contributed by atoms with Crippen molar-refractivity contribution in [2.45, 2.75) is 20.0 Å². The third-order valence-corrected chi connectivity index (χ3v) is 3.72. The lowest BCUT2D eigenvalue weighted by Crippen LogP contribution is -2.38. The number of aryl methyl sites for hydroxylation is 2. The van der Waals surface area contributed by atoms with Gasteiger partial charge in [-0.1, -0.05) is 0 Å². The first-order valence-electron chi connectivity index (χ1n) is 7.23. The van der Waals surface area contributed by atoms with Crippen molar-refractivity contribution >= 4 is 11.6 Å². The molecular weight excluding hydrogens is 323 g/mol. The zero-order valence-electron chi connectivity index (χ0n) is 13.0. The second kappa shape index (κ2) is 5.77. The third kappa shape index (κ3) is 2.91. The molecule has 2 heterocycles. The smallest absolute Gasteiger partial charge is 0.416 e. The Morgan fingerprint density at radius 2 is 2.04 bits per heavy atom. The minimum atomic E-state index is -4.50. The monoisotopic (exact) mass is 337 g/mol. The fraction of sp³-hybridized carbons (Fsp3) is 0.312. The summed E-state index contributed by atoms with van der Waals surface area (Å²) in [6.07, 6.45) is -3.10. The first kappa shape index (κ1) is 16.2. The number of fused-ring (bicyclic) bond motifs is 1. The SMILES string of the molecule is Cc1ncc(C(=O)N2CCOc3ccc(C(F)(F)F)cc32)c(C)n1. The van der Waals surface area contributed by atoms with E-state index in [1.165, 1.54) is 17.2 Å².